The van der Waals surface area contributed by atoms with Gasteiger partial charge in [0.05, 0.1) is 0 Å². The Morgan fingerprint density at radius 3 is 2.04 bits per heavy atom. The van der Waals surface area contributed by atoms with E-state index in [1.165, 1.54) is 10.5 Å². The number of ether oxygens (including phenoxy) is 1. The first-order valence-corrected chi connectivity index (χ1v) is 9.34. The van der Waals surface area contributed by atoms with Gasteiger partial charge in [0.15, 0.2) is 0 Å². The molecule has 0 radical (unpaired) electrons. The van der Waals surface area contributed by atoms with E-state index in [0.29, 0.717) is 5.75 Å². The largest absolute Gasteiger partial charge is 0.508 e. The number of aliphatic hydroxyl groups is 1. The van der Waals surface area contributed by atoms with Gasteiger partial charge in [-0.1, -0.05) is 23.9 Å². The summed E-state index contributed by atoms with van der Waals surface area (Å²) in [7, 11) is 0. The summed E-state index contributed by atoms with van der Waals surface area (Å²) in [4.78, 5) is 2.32. The zero-order chi connectivity index (χ0) is 17.0. The van der Waals surface area contributed by atoms with Crippen LogP contribution in [0.5, 0.6) is 5.75 Å². The molecular formula is C20H26O3S. The predicted octanol–water partition coefficient (Wildman–Crippen LogP) is 4.66. The van der Waals surface area contributed by atoms with Crippen LogP contribution in [0.1, 0.15) is 31.2 Å². The standard InChI is InChI=1S/C20H26O3S/c21-14-2-1-3-15-23-16-4-5-17-6-10-19(11-7-17)24-20-12-8-18(22)9-13-20/h6-13,21-22H,1-5,14-16H2. The lowest BCUT2D eigenvalue weighted by Crippen LogP contribution is -1.99. The molecule has 2 aromatic rings. The van der Waals surface area contributed by atoms with Crippen molar-refractivity contribution in [2.45, 2.75) is 41.9 Å². The van der Waals surface area contributed by atoms with E-state index >= 15 is 0 Å². The number of unbranched alkanes of at least 4 members (excludes halogenated alkanes) is 2. The minimum absolute atomic E-state index is 0.279. The molecule has 0 amide bonds. The normalized spacial score (nSPS) is 10.9. The van der Waals surface area contributed by atoms with Gasteiger partial charge in [0.25, 0.3) is 0 Å². The highest BCUT2D eigenvalue weighted by atomic mass is 32.2. The van der Waals surface area contributed by atoms with E-state index in [1.807, 2.05) is 12.1 Å². The molecule has 0 spiro atoms. The lowest BCUT2D eigenvalue weighted by Gasteiger charge is -2.06. The third kappa shape index (κ3) is 7.39. The van der Waals surface area contributed by atoms with Crippen LogP contribution in [0.3, 0.4) is 0 Å². The minimum atomic E-state index is 0.279. The number of phenolic OH excluding ortho intramolecular Hbond substituents is 1. The Kier molecular flexibility index (Phi) is 8.74. The van der Waals surface area contributed by atoms with Crippen molar-refractivity contribution in [3.8, 4) is 5.75 Å². The van der Waals surface area contributed by atoms with Crippen LogP contribution in [0.25, 0.3) is 0 Å². The fourth-order valence-corrected chi connectivity index (χ4v) is 3.16. The van der Waals surface area contributed by atoms with Gasteiger partial charge in [0.2, 0.25) is 0 Å². The van der Waals surface area contributed by atoms with Crippen LogP contribution in [-0.4, -0.2) is 30.0 Å². The summed E-state index contributed by atoms with van der Waals surface area (Å²) in [6.45, 7) is 1.87. The molecule has 0 aliphatic rings. The van der Waals surface area contributed by atoms with Crippen molar-refractivity contribution in [3.05, 3.63) is 54.1 Å². The molecule has 0 heterocycles. The molecule has 2 aromatic carbocycles. The summed E-state index contributed by atoms with van der Waals surface area (Å²) in [5.74, 6) is 0.297. The number of hydrogen-bond acceptors (Lipinski definition) is 4. The Bertz CT molecular complexity index is 566. The highest BCUT2D eigenvalue weighted by Gasteiger charge is 1.99. The van der Waals surface area contributed by atoms with Crippen molar-refractivity contribution in [1.82, 2.24) is 0 Å². The Morgan fingerprint density at radius 1 is 0.750 bits per heavy atom. The number of aliphatic hydroxyl groups excluding tert-OH is 1. The molecule has 0 aromatic heterocycles. The Balaban J connectivity index is 1.64. The molecule has 24 heavy (non-hydrogen) atoms. The number of hydrogen-bond donors (Lipinski definition) is 2. The fourth-order valence-electron chi connectivity index (χ4n) is 2.35. The SMILES string of the molecule is OCCCCCOCCCc1ccc(Sc2ccc(O)cc2)cc1. The second-order valence-electron chi connectivity index (χ2n) is 5.74. The molecular weight excluding hydrogens is 320 g/mol. The Labute approximate surface area is 148 Å². The van der Waals surface area contributed by atoms with Crippen molar-refractivity contribution >= 4 is 11.8 Å². The van der Waals surface area contributed by atoms with Crippen LogP contribution in [0.15, 0.2) is 58.3 Å². The van der Waals surface area contributed by atoms with Crippen LogP contribution in [0.4, 0.5) is 0 Å². The molecule has 4 heteroatoms. The van der Waals surface area contributed by atoms with Crippen LogP contribution < -0.4 is 0 Å². The molecule has 0 unspecified atom stereocenters. The van der Waals surface area contributed by atoms with E-state index in [-0.39, 0.29) is 6.61 Å². The van der Waals surface area contributed by atoms with Gasteiger partial charge in [-0.25, -0.2) is 0 Å². The molecule has 0 atom stereocenters. The van der Waals surface area contributed by atoms with E-state index in [4.69, 9.17) is 9.84 Å². The Hall–Kier alpha value is -1.49. The summed E-state index contributed by atoms with van der Waals surface area (Å²) in [6.07, 6.45) is 5.00. The van der Waals surface area contributed by atoms with Gasteiger partial charge in [0.1, 0.15) is 5.75 Å². The second kappa shape index (κ2) is 11.1. The predicted molar refractivity (Wildman–Crippen MR) is 98.7 cm³/mol. The lowest BCUT2D eigenvalue weighted by molar-refractivity contribution is 0.126. The van der Waals surface area contributed by atoms with Crippen molar-refractivity contribution in [2.75, 3.05) is 19.8 Å². The van der Waals surface area contributed by atoms with Gasteiger partial charge in [-0.15, -0.1) is 0 Å². The highest BCUT2D eigenvalue weighted by molar-refractivity contribution is 7.99. The van der Waals surface area contributed by atoms with Gasteiger partial charge in [-0.3, -0.25) is 0 Å². The molecule has 0 fully saturated rings. The summed E-state index contributed by atoms with van der Waals surface area (Å²) in [5.41, 5.74) is 1.33. The average molecular weight is 346 g/mol. The summed E-state index contributed by atoms with van der Waals surface area (Å²) in [5, 5.41) is 18.0. The van der Waals surface area contributed by atoms with E-state index in [1.54, 1.807) is 23.9 Å². The van der Waals surface area contributed by atoms with Crippen LogP contribution in [0.2, 0.25) is 0 Å². The number of benzene rings is 2. The molecule has 0 saturated heterocycles. The molecule has 0 bridgehead atoms. The van der Waals surface area contributed by atoms with E-state index in [9.17, 15) is 5.11 Å². The first-order chi connectivity index (χ1) is 11.8. The van der Waals surface area contributed by atoms with Gasteiger partial charge in [-0.2, -0.15) is 0 Å². The molecule has 2 rings (SSSR count). The van der Waals surface area contributed by atoms with Crippen molar-refractivity contribution in [3.63, 3.8) is 0 Å². The monoisotopic (exact) mass is 346 g/mol. The number of aromatic hydroxyl groups is 1. The van der Waals surface area contributed by atoms with Gasteiger partial charge in [-0.05, 0) is 74.1 Å². The third-order valence-electron chi connectivity index (χ3n) is 3.70. The van der Waals surface area contributed by atoms with Crippen LogP contribution >= 0.6 is 11.8 Å². The third-order valence-corrected chi connectivity index (χ3v) is 4.71. The molecule has 0 aliphatic carbocycles. The maximum atomic E-state index is 9.30. The van der Waals surface area contributed by atoms with Crippen molar-refractivity contribution in [2.24, 2.45) is 0 Å². The summed E-state index contributed by atoms with van der Waals surface area (Å²) in [6, 6.07) is 15.9. The van der Waals surface area contributed by atoms with Gasteiger partial charge < -0.3 is 14.9 Å². The molecule has 3 nitrogen and oxygen atoms in total. The van der Waals surface area contributed by atoms with Gasteiger partial charge >= 0.3 is 0 Å². The fraction of sp³-hybridized carbons (Fsp3) is 0.400. The van der Waals surface area contributed by atoms with Crippen LogP contribution in [-0.2, 0) is 11.2 Å². The second-order valence-corrected chi connectivity index (χ2v) is 6.89. The number of phenols is 1. The average Bonchev–Trinajstić information content (AvgIpc) is 2.61. The zero-order valence-electron chi connectivity index (χ0n) is 14.0. The van der Waals surface area contributed by atoms with Crippen molar-refractivity contribution in [1.29, 1.82) is 0 Å². The number of aryl methyl sites for hydroxylation is 1. The van der Waals surface area contributed by atoms with E-state index in [2.05, 4.69) is 24.3 Å². The molecule has 2 N–H and O–H groups in total. The lowest BCUT2D eigenvalue weighted by atomic mass is 10.1. The van der Waals surface area contributed by atoms with Crippen molar-refractivity contribution < 1.29 is 14.9 Å². The maximum Gasteiger partial charge on any atom is 0.115 e. The Morgan fingerprint density at radius 2 is 1.38 bits per heavy atom. The quantitative estimate of drug-likeness (QED) is 0.581. The molecule has 0 aliphatic heterocycles. The first kappa shape index (κ1) is 18.8. The zero-order valence-corrected chi connectivity index (χ0v) is 14.8. The number of rotatable bonds is 11. The van der Waals surface area contributed by atoms with Crippen LogP contribution in [0, 0.1) is 0 Å². The first-order valence-electron chi connectivity index (χ1n) is 8.52. The topological polar surface area (TPSA) is 49.7 Å². The summed E-state index contributed by atoms with van der Waals surface area (Å²) >= 11 is 1.69. The van der Waals surface area contributed by atoms with E-state index < -0.39 is 0 Å². The molecule has 130 valence electrons. The highest BCUT2D eigenvalue weighted by Crippen LogP contribution is 2.29. The maximum absolute atomic E-state index is 9.30. The van der Waals surface area contributed by atoms with Gasteiger partial charge in [0, 0.05) is 29.6 Å². The smallest absolute Gasteiger partial charge is 0.115 e. The summed E-state index contributed by atoms with van der Waals surface area (Å²) < 4.78 is 5.61. The van der Waals surface area contributed by atoms with E-state index in [0.717, 1.165) is 50.2 Å². The molecule has 0 saturated carbocycles. The minimum Gasteiger partial charge on any atom is -0.508 e.